The highest BCUT2D eigenvalue weighted by Gasteiger charge is 2.32. The van der Waals surface area contributed by atoms with Crippen LogP contribution in [0.3, 0.4) is 0 Å². The summed E-state index contributed by atoms with van der Waals surface area (Å²) in [6, 6.07) is 16.6. The Kier molecular flexibility index (Phi) is 5.92. The van der Waals surface area contributed by atoms with Gasteiger partial charge in [0.15, 0.2) is 11.6 Å². The number of nitrogen functional groups attached to an aromatic ring is 1. The first kappa shape index (κ1) is 23.5. The molecule has 2 amide bonds. The molecule has 1 saturated heterocycles. The zero-order valence-corrected chi connectivity index (χ0v) is 20.1. The number of rotatable bonds is 4. The van der Waals surface area contributed by atoms with Crippen LogP contribution in [0.2, 0.25) is 10.0 Å². The summed E-state index contributed by atoms with van der Waals surface area (Å²) in [6.07, 6.45) is 0.269. The number of halogens is 2. The van der Waals surface area contributed by atoms with E-state index < -0.39 is 6.03 Å². The number of nitrogens with two attached hydrogens (primary N) is 2. The molecule has 3 aromatic carbocycles. The SMILES string of the molecule is N#Cc1cccc(Cl)c1Oc1cc(C2CC(=O)N(c3ccc4c(c3)c(N)nn4C(N)=O)C2)ccc1Cl. The van der Waals surface area contributed by atoms with Crippen molar-refractivity contribution in [2.24, 2.45) is 5.73 Å². The van der Waals surface area contributed by atoms with E-state index in [9.17, 15) is 14.9 Å². The Bertz CT molecular complexity index is 1590. The second-order valence-electron chi connectivity index (χ2n) is 8.26. The molecule has 36 heavy (non-hydrogen) atoms. The van der Waals surface area contributed by atoms with Crippen molar-refractivity contribution in [3.8, 4) is 17.6 Å². The summed E-state index contributed by atoms with van der Waals surface area (Å²) in [5.74, 6) is 0.477. The van der Waals surface area contributed by atoms with Gasteiger partial charge in [0.25, 0.3) is 0 Å². The Labute approximate surface area is 215 Å². The van der Waals surface area contributed by atoms with E-state index in [1.54, 1.807) is 53.4 Å². The summed E-state index contributed by atoms with van der Waals surface area (Å²) in [5, 5.41) is 14.5. The predicted molar refractivity (Wildman–Crippen MR) is 137 cm³/mol. The summed E-state index contributed by atoms with van der Waals surface area (Å²) in [5.41, 5.74) is 13.5. The topological polar surface area (TPSA) is 140 Å². The lowest BCUT2D eigenvalue weighted by atomic mass is 9.98. The predicted octanol–water partition coefficient (Wildman–Crippen LogP) is 5.04. The lowest BCUT2D eigenvalue weighted by Crippen LogP contribution is -2.24. The minimum atomic E-state index is -0.749. The second-order valence-corrected chi connectivity index (χ2v) is 9.08. The third-order valence-corrected chi connectivity index (χ3v) is 6.67. The van der Waals surface area contributed by atoms with E-state index in [4.69, 9.17) is 39.4 Å². The molecule has 11 heteroatoms. The molecule has 0 saturated carbocycles. The summed E-state index contributed by atoms with van der Waals surface area (Å²) in [6.45, 7) is 0.408. The molecule has 1 fully saturated rings. The van der Waals surface area contributed by atoms with Crippen LogP contribution >= 0.6 is 23.2 Å². The number of hydrogen-bond acceptors (Lipinski definition) is 6. The molecular formula is C25H18Cl2N6O3. The quantitative estimate of drug-likeness (QED) is 0.386. The van der Waals surface area contributed by atoms with Gasteiger partial charge in [-0.15, -0.1) is 5.10 Å². The molecule has 1 unspecified atom stereocenters. The molecule has 0 aliphatic carbocycles. The normalized spacial score (nSPS) is 15.3. The van der Waals surface area contributed by atoms with Crippen LogP contribution in [-0.4, -0.2) is 28.3 Å². The van der Waals surface area contributed by atoms with Gasteiger partial charge in [0.05, 0.1) is 21.1 Å². The van der Waals surface area contributed by atoms with Gasteiger partial charge in [-0.1, -0.05) is 35.3 Å². The summed E-state index contributed by atoms with van der Waals surface area (Å²) < 4.78 is 6.96. The molecule has 1 aliphatic heterocycles. The van der Waals surface area contributed by atoms with Gasteiger partial charge < -0.3 is 21.1 Å². The molecule has 180 valence electrons. The lowest BCUT2D eigenvalue weighted by Gasteiger charge is -2.18. The maximum atomic E-state index is 13.0. The van der Waals surface area contributed by atoms with Crippen LogP contribution in [0.15, 0.2) is 54.6 Å². The van der Waals surface area contributed by atoms with Crippen LogP contribution in [0.1, 0.15) is 23.5 Å². The smallest absolute Gasteiger partial charge is 0.340 e. The monoisotopic (exact) mass is 520 g/mol. The number of amides is 2. The van der Waals surface area contributed by atoms with Crippen molar-refractivity contribution >= 4 is 57.5 Å². The molecule has 2 heterocycles. The Hall–Kier alpha value is -4.26. The fourth-order valence-corrected chi connectivity index (χ4v) is 4.68. The Morgan fingerprint density at radius 2 is 1.94 bits per heavy atom. The van der Waals surface area contributed by atoms with E-state index in [0.29, 0.717) is 33.9 Å². The number of fused-ring (bicyclic) bond motifs is 1. The molecular weight excluding hydrogens is 503 g/mol. The molecule has 0 spiro atoms. The van der Waals surface area contributed by atoms with Gasteiger partial charge in [-0.05, 0) is 48.0 Å². The van der Waals surface area contributed by atoms with E-state index in [2.05, 4.69) is 11.2 Å². The number of benzene rings is 3. The van der Waals surface area contributed by atoms with E-state index in [1.165, 1.54) is 0 Å². The minimum Gasteiger partial charge on any atom is -0.453 e. The first-order chi connectivity index (χ1) is 17.3. The number of hydrogen-bond donors (Lipinski definition) is 2. The molecule has 1 atom stereocenters. The van der Waals surface area contributed by atoms with Crippen LogP contribution in [-0.2, 0) is 4.79 Å². The molecule has 0 bridgehead atoms. The highest BCUT2D eigenvalue weighted by atomic mass is 35.5. The van der Waals surface area contributed by atoms with Gasteiger partial charge in [-0.3, -0.25) is 4.79 Å². The number of anilines is 2. The van der Waals surface area contributed by atoms with Gasteiger partial charge in [0.1, 0.15) is 11.8 Å². The number of primary amides is 1. The third kappa shape index (κ3) is 4.06. The summed E-state index contributed by atoms with van der Waals surface area (Å²) in [4.78, 5) is 26.2. The highest BCUT2D eigenvalue weighted by molar-refractivity contribution is 6.33. The molecule has 0 radical (unpaired) electrons. The van der Waals surface area contributed by atoms with Crippen LogP contribution in [0.5, 0.6) is 11.5 Å². The van der Waals surface area contributed by atoms with Crippen molar-refractivity contribution in [2.45, 2.75) is 12.3 Å². The lowest BCUT2D eigenvalue weighted by molar-refractivity contribution is -0.117. The van der Waals surface area contributed by atoms with Crippen molar-refractivity contribution in [1.29, 1.82) is 5.26 Å². The molecule has 9 nitrogen and oxygen atoms in total. The van der Waals surface area contributed by atoms with Crippen LogP contribution in [0, 0.1) is 11.3 Å². The molecule has 5 rings (SSSR count). The highest BCUT2D eigenvalue weighted by Crippen LogP contribution is 2.40. The van der Waals surface area contributed by atoms with Crippen molar-refractivity contribution < 1.29 is 14.3 Å². The first-order valence-corrected chi connectivity index (χ1v) is 11.6. The first-order valence-electron chi connectivity index (χ1n) is 10.8. The van der Waals surface area contributed by atoms with Crippen molar-refractivity contribution in [1.82, 2.24) is 9.78 Å². The molecule has 1 aliphatic rings. The average Bonchev–Trinajstić information content (AvgIpc) is 3.41. The van der Waals surface area contributed by atoms with Crippen LogP contribution in [0.25, 0.3) is 10.9 Å². The van der Waals surface area contributed by atoms with E-state index in [1.807, 2.05) is 6.07 Å². The third-order valence-electron chi connectivity index (χ3n) is 6.06. The minimum absolute atomic E-state index is 0.0736. The summed E-state index contributed by atoms with van der Waals surface area (Å²) >= 11 is 12.6. The van der Waals surface area contributed by atoms with Crippen LogP contribution in [0.4, 0.5) is 16.3 Å². The van der Waals surface area contributed by atoms with Gasteiger partial charge in [-0.25, -0.2) is 4.79 Å². The number of nitrogens with zero attached hydrogens (tertiary/aromatic N) is 4. The average molecular weight is 521 g/mol. The van der Waals surface area contributed by atoms with Crippen LogP contribution < -0.4 is 21.1 Å². The molecule has 1 aromatic heterocycles. The van der Waals surface area contributed by atoms with Crippen molar-refractivity contribution in [2.75, 3.05) is 17.2 Å². The van der Waals surface area contributed by atoms with Gasteiger partial charge in [-0.2, -0.15) is 9.94 Å². The van der Waals surface area contributed by atoms with Crippen molar-refractivity contribution in [3.63, 3.8) is 0 Å². The maximum absolute atomic E-state index is 13.0. The standard InChI is InChI=1S/C25H18Cl2N6O3/c26-18-6-4-13(8-21(18)36-23-14(11-28)2-1-3-19(23)27)15-9-22(34)32(12-15)16-5-7-20-17(10-16)24(29)31-33(20)25(30)35/h1-8,10,15H,9,12H2,(H2,29,31)(H2,30,35). The van der Waals surface area contributed by atoms with E-state index in [-0.39, 0.29) is 40.4 Å². The summed E-state index contributed by atoms with van der Waals surface area (Å²) in [7, 11) is 0. The Morgan fingerprint density at radius 1 is 1.14 bits per heavy atom. The Balaban J connectivity index is 1.43. The number of carbonyl (C=O) groups is 2. The number of carbonyl (C=O) groups excluding carboxylic acids is 2. The maximum Gasteiger partial charge on any atom is 0.340 e. The second kappa shape index (κ2) is 9.07. The fraction of sp³-hybridized carbons (Fsp3) is 0.120. The molecule has 4 aromatic rings. The van der Waals surface area contributed by atoms with Crippen molar-refractivity contribution in [3.05, 3.63) is 75.8 Å². The Morgan fingerprint density at radius 3 is 2.69 bits per heavy atom. The number of ether oxygens (including phenoxy) is 1. The fourth-order valence-electron chi connectivity index (χ4n) is 4.31. The zero-order chi connectivity index (χ0) is 25.6. The zero-order valence-electron chi connectivity index (χ0n) is 18.6. The number of para-hydroxylation sites is 1. The van der Waals surface area contributed by atoms with Gasteiger partial charge in [0.2, 0.25) is 5.91 Å². The molecule has 4 N–H and O–H groups in total. The largest absolute Gasteiger partial charge is 0.453 e. The van der Waals surface area contributed by atoms with Gasteiger partial charge >= 0.3 is 6.03 Å². The van der Waals surface area contributed by atoms with Gasteiger partial charge in [0, 0.05) is 30.0 Å². The number of nitriles is 1. The number of aromatic nitrogens is 2. The van der Waals surface area contributed by atoms with E-state index >= 15 is 0 Å². The van der Waals surface area contributed by atoms with E-state index in [0.717, 1.165) is 10.2 Å².